The van der Waals surface area contributed by atoms with Gasteiger partial charge in [0.1, 0.15) is 6.04 Å². The summed E-state index contributed by atoms with van der Waals surface area (Å²) in [5.41, 5.74) is 0.857. The van der Waals surface area contributed by atoms with Gasteiger partial charge in [-0.15, -0.1) is 11.3 Å². The molecule has 3 N–H and O–H groups in total. The van der Waals surface area contributed by atoms with E-state index in [9.17, 15) is 9.59 Å². The van der Waals surface area contributed by atoms with E-state index in [4.69, 9.17) is 5.11 Å². The van der Waals surface area contributed by atoms with E-state index < -0.39 is 18.0 Å². The number of urea groups is 1. The molecule has 0 spiro atoms. The first-order valence-electron chi connectivity index (χ1n) is 5.18. The molecular formula is C10H15N3O3S. The summed E-state index contributed by atoms with van der Waals surface area (Å²) in [6.07, 6.45) is 0.332. The highest BCUT2D eigenvalue weighted by molar-refractivity contribution is 7.15. The van der Waals surface area contributed by atoms with Crippen LogP contribution in [0, 0.1) is 13.8 Å². The molecule has 0 saturated heterocycles. The Morgan fingerprint density at radius 3 is 2.53 bits per heavy atom. The van der Waals surface area contributed by atoms with E-state index in [1.165, 1.54) is 11.3 Å². The van der Waals surface area contributed by atoms with Crippen molar-refractivity contribution in [1.29, 1.82) is 0 Å². The minimum Gasteiger partial charge on any atom is -0.480 e. The van der Waals surface area contributed by atoms with Crippen molar-refractivity contribution < 1.29 is 14.7 Å². The number of nitrogens with zero attached hydrogens (tertiary/aromatic N) is 1. The quantitative estimate of drug-likeness (QED) is 0.766. The Bertz CT molecular complexity index is 411. The predicted octanol–water partition coefficient (Wildman–Crippen LogP) is 1.74. The maximum Gasteiger partial charge on any atom is 0.326 e. The molecular weight excluding hydrogens is 242 g/mol. The summed E-state index contributed by atoms with van der Waals surface area (Å²) >= 11 is 1.36. The summed E-state index contributed by atoms with van der Waals surface area (Å²) in [4.78, 5) is 27.4. The third-order valence-corrected chi connectivity index (χ3v) is 3.25. The molecule has 1 rings (SSSR count). The maximum atomic E-state index is 11.5. The molecule has 17 heavy (non-hydrogen) atoms. The lowest BCUT2D eigenvalue weighted by Crippen LogP contribution is -2.42. The van der Waals surface area contributed by atoms with Crippen LogP contribution in [0.25, 0.3) is 0 Å². The Kier molecular flexibility index (Phi) is 4.45. The Hall–Kier alpha value is -1.63. The number of rotatable bonds is 4. The molecule has 1 aromatic heterocycles. The van der Waals surface area contributed by atoms with Gasteiger partial charge in [0.2, 0.25) is 0 Å². The van der Waals surface area contributed by atoms with Crippen LogP contribution in [0.1, 0.15) is 23.9 Å². The lowest BCUT2D eigenvalue weighted by molar-refractivity contribution is -0.139. The number of thiazole rings is 1. The molecule has 7 heteroatoms. The van der Waals surface area contributed by atoms with Gasteiger partial charge < -0.3 is 10.4 Å². The fraction of sp³-hybridized carbons (Fsp3) is 0.500. The van der Waals surface area contributed by atoms with Gasteiger partial charge in [0, 0.05) is 4.88 Å². The van der Waals surface area contributed by atoms with Crippen LogP contribution < -0.4 is 10.6 Å². The number of carbonyl (C=O) groups excluding carboxylic acids is 1. The highest BCUT2D eigenvalue weighted by Crippen LogP contribution is 2.20. The molecule has 0 aromatic carbocycles. The monoisotopic (exact) mass is 257 g/mol. The summed E-state index contributed by atoms with van der Waals surface area (Å²) in [5, 5.41) is 14.1. The van der Waals surface area contributed by atoms with Gasteiger partial charge in [-0.3, -0.25) is 5.32 Å². The van der Waals surface area contributed by atoms with E-state index in [0.717, 1.165) is 10.6 Å². The number of aryl methyl sites for hydroxylation is 2. The lowest BCUT2D eigenvalue weighted by Gasteiger charge is -2.11. The minimum atomic E-state index is -1.05. The average molecular weight is 257 g/mol. The number of anilines is 1. The first-order chi connectivity index (χ1) is 7.93. The van der Waals surface area contributed by atoms with Gasteiger partial charge in [-0.2, -0.15) is 0 Å². The minimum absolute atomic E-state index is 0.332. The van der Waals surface area contributed by atoms with E-state index in [-0.39, 0.29) is 0 Å². The van der Waals surface area contributed by atoms with Crippen LogP contribution >= 0.6 is 11.3 Å². The summed E-state index contributed by atoms with van der Waals surface area (Å²) in [7, 11) is 0. The fourth-order valence-corrected chi connectivity index (χ4v) is 1.97. The maximum absolute atomic E-state index is 11.5. The van der Waals surface area contributed by atoms with Gasteiger partial charge in [-0.05, 0) is 20.3 Å². The fourth-order valence-electron chi connectivity index (χ4n) is 1.16. The average Bonchev–Trinajstić information content (AvgIpc) is 2.54. The number of aliphatic carboxylic acids is 1. The number of carbonyl (C=O) groups is 2. The Labute approximate surface area is 103 Å². The van der Waals surface area contributed by atoms with E-state index in [1.54, 1.807) is 6.92 Å². The van der Waals surface area contributed by atoms with E-state index in [1.807, 2.05) is 13.8 Å². The molecule has 1 aromatic rings. The number of aromatic nitrogens is 1. The van der Waals surface area contributed by atoms with Crippen molar-refractivity contribution in [3.63, 3.8) is 0 Å². The molecule has 1 heterocycles. The van der Waals surface area contributed by atoms with Gasteiger partial charge in [-0.25, -0.2) is 14.6 Å². The number of nitrogens with one attached hydrogen (secondary N) is 2. The summed E-state index contributed by atoms with van der Waals surface area (Å²) in [6, 6.07) is -1.43. The summed E-state index contributed by atoms with van der Waals surface area (Å²) < 4.78 is 0. The lowest BCUT2D eigenvalue weighted by atomic mass is 10.2. The zero-order valence-corrected chi connectivity index (χ0v) is 10.7. The number of hydrogen-bond acceptors (Lipinski definition) is 4. The molecule has 0 unspecified atom stereocenters. The highest BCUT2D eigenvalue weighted by Gasteiger charge is 2.18. The van der Waals surface area contributed by atoms with Crippen LogP contribution in [0.2, 0.25) is 0 Å². The van der Waals surface area contributed by atoms with Crippen LogP contribution in [-0.2, 0) is 4.79 Å². The molecule has 0 aliphatic heterocycles. The molecule has 0 fully saturated rings. The van der Waals surface area contributed by atoms with Crippen molar-refractivity contribution in [3.8, 4) is 0 Å². The first kappa shape index (κ1) is 13.4. The topological polar surface area (TPSA) is 91.3 Å². The molecule has 0 aliphatic rings. The molecule has 1 atom stereocenters. The molecule has 0 radical (unpaired) electrons. The van der Waals surface area contributed by atoms with Crippen LogP contribution in [0.3, 0.4) is 0 Å². The SMILES string of the molecule is CC[C@@H](NC(=O)Nc1nc(C)c(C)s1)C(=O)O. The van der Waals surface area contributed by atoms with Crippen molar-refractivity contribution in [2.24, 2.45) is 0 Å². The summed E-state index contributed by atoms with van der Waals surface area (Å²) in [6.45, 7) is 5.44. The number of carboxylic acid groups (broad SMARTS) is 1. The van der Waals surface area contributed by atoms with E-state index in [2.05, 4.69) is 15.6 Å². The van der Waals surface area contributed by atoms with Crippen molar-refractivity contribution in [3.05, 3.63) is 10.6 Å². The van der Waals surface area contributed by atoms with Gasteiger partial charge in [-0.1, -0.05) is 6.92 Å². The first-order valence-corrected chi connectivity index (χ1v) is 6.00. The summed E-state index contributed by atoms with van der Waals surface area (Å²) in [5.74, 6) is -1.05. The molecule has 0 aliphatic carbocycles. The van der Waals surface area contributed by atoms with Crippen LogP contribution in [0.15, 0.2) is 0 Å². The second kappa shape index (κ2) is 5.62. The zero-order chi connectivity index (χ0) is 13.0. The molecule has 0 saturated carbocycles. The zero-order valence-electron chi connectivity index (χ0n) is 9.90. The standard InChI is InChI=1S/C10H15N3O3S/c1-4-7(8(14)15)12-9(16)13-10-11-5(2)6(3)17-10/h7H,4H2,1-3H3,(H,14,15)(H2,11,12,13,16)/t7-/m1/s1. The molecule has 94 valence electrons. The van der Waals surface area contributed by atoms with Crippen molar-refractivity contribution >= 4 is 28.5 Å². The van der Waals surface area contributed by atoms with Gasteiger partial charge in [0.15, 0.2) is 5.13 Å². The van der Waals surface area contributed by atoms with Crippen LogP contribution in [0.5, 0.6) is 0 Å². The third-order valence-electron chi connectivity index (χ3n) is 2.26. The number of hydrogen-bond donors (Lipinski definition) is 3. The second-order valence-corrected chi connectivity index (χ2v) is 4.76. The van der Waals surface area contributed by atoms with Gasteiger partial charge >= 0.3 is 12.0 Å². The van der Waals surface area contributed by atoms with E-state index in [0.29, 0.717) is 11.6 Å². The van der Waals surface area contributed by atoms with Crippen LogP contribution in [-0.4, -0.2) is 28.1 Å². The highest BCUT2D eigenvalue weighted by atomic mass is 32.1. The van der Waals surface area contributed by atoms with Gasteiger partial charge in [0.25, 0.3) is 0 Å². The Morgan fingerprint density at radius 1 is 1.47 bits per heavy atom. The van der Waals surface area contributed by atoms with Gasteiger partial charge in [0.05, 0.1) is 5.69 Å². The third kappa shape index (κ3) is 3.70. The molecule has 6 nitrogen and oxygen atoms in total. The molecule has 2 amide bonds. The van der Waals surface area contributed by atoms with Crippen molar-refractivity contribution in [1.82, 2.24) is 10.3 Å². The van der Waals surface area contributed by atoms with Crippen molar-refractivity contribution in [2.75, 3.05) is 5.32 Å². The predicted molar refractivity (Wildman–Crippen MR) is 65.5 cm³/mol. The smallest absolute Gasteiger partial charge is 0.326 e. The van der Waals surface area contributed by atoms with E-state index >= 15 is 0 Å². The number of carboxylic acids is 1. The normalized spacial score (nSPS) is 11.9. The Balaban J connectivity index is 2.57. The Morgan fingerprint density at radius 2 is 2.12 bits per heavy atom. The van der Waals surface area contributed by atoms with Crippen LogP contribution in [0.4, 0.5) is 9.93 Å². The number of amides is 2. The molecule has 0 bridgehead atoms. The second-order valence-electron chi connectivity index (χ2n) is 3.56. The van der Waals surface area contributed by atoms with Crippen molar-refractivity contribution in [2.45, 2.75) is 33.2 Å². The largest absolute Gasteiger partial charge is 0.480 e.